The Labute approximate surface area is 137 Å². The highest BCUT2D eigenvalue weighted by atomic mass is 32.2. The monoisotopic (exact) mass is 329 g/mol. The Morgan fingerprint density at radius 2 is 1.64 bits per heavy atom. The van der Waals surface area contributed by atoms with Gasteiger partial charge in [0, 0.05) is 24.0 Å². The summed E-state index contributed by atoms with van der Waals surface area (Å²) in [7, 11) is -1.18. The predicted octanol–water partition coefficient (Wildman–Crippen LogP) is 4.01. The quantitative estimate of drug-likeness (QED) is 0.732. The molecule has 0 N–H and O–H groups in total. The minimum Gasteiger partial charge on any atom is -0.348 e. The highest BCUT2D eigenvalue weighted by Gasteiger charge is 2.47. The van der Waals surface area contributed by atoms with Crippen LogP contribution in [0.4, 0.5) is 0 Å². The molecule has 0 radical (unpaired) electrons. The lowest BCUT2D eigenvalue weighted by Gasteiger charge is -2.44. The summed E-state index contributed by atoms with van der Waals surface area (Å²) in [6, 6.07) is 0. The van der Waals surface area contributed by atoms with Gasteiger partial charge in [0.2, 0.25) is 0 Å². The summed E-state index contributed by atoms with van der Waals surface area (Å²) in [5, 5.41) is 0. The molecule has 128 valence electrons. The van der Waals surface area contributed by atoms with Gasteiger partial charge in [0.15, 0.2) is 5.79 Å². The van der Waals surface area contributed by atoms with Crippen LogP contribution in [0.15, 0.2) is 4.40 Å². The van der Waals surface area contributed by atoms with Gasteiger partial charge < -0.3 is 9.47 Å². The molecule has 1 atom stereocenters. The molecule has 22 heavy (non-hydrogen) atoms. The molecule has 0 aromatic rings. The summed E-state index contributed by atoms with van der Waals surface area (Å²) in [6.07, 6.45) is 5.76. The molecule has 5 heteroatoms. The Balaban J connectivity index is 2.18. The van der Waals surface area contributed by atoms with E-state index in [9.17, 15) is 4.21 Å². The molecule has 0 amide bonds. The molecular formula is C17H31NO3S. The Hall–Kier alpha value is -0.260. The smallest absolute Gasteiger partial charge is 0.168 e. The Morgan fingerprint density at radius 1 is 1.09 bits per heavy atom. The lowest BCUT2D eigenvalue weighted by atomic mass is 9.66. The van der Waals surface area contributed by atoms with Crippen LogP contribution in [0.1, 0.15) is 73.1 Å². The average molecular weight is 330 g/mol. The molecule has 1 aliphatic heterocycles. The van der Waals surface area contributed by atoms with E-state index in [0.29, 0.717) is 13.2 Å². The maximum Gasteiger partial charge on any atom is 0.168 e. The van der Waals surface area contributed by atoms with Crippen LogP contribution in [0.3, 0.4) is 0 Å². The van der Waals surface area contributed by atoms with Crippen LogP contribution in [0.5, 0.6) is 0 Å². The van der Waals surface area contributed by atoms with Crippen LogP contribution < -0.4 is 0 Å². The molecule has 2 rings (SSSR count). The summed E-state index contributed by atoms with van der Waals surface area (Å²) >= 11 is 0. The van der Waals surface area contributed by atoms with E-state index in [-0.39, 0.29) is 15.9 Å². The molecule has 1 saturated heterocycles. The predicted molar refractivity (Wildman–Crippen MR) is 91.4 cm³/mol. The van der Waals surface area contributed by atoms with Crippen molar-refractivity contribution in [2.75, 3.05) is 13.2 Å². The molecular weight excluding hydrogens is 298 g/mol. The fourth-order valence-corrected chi connectivity index (χ4v) is 4.31. The molecule has 2 aliphatic rings. The second-order valence-electron chi connectivity index (χ2n) is 7.49. The fourth-order valence-electron chi connectivity index (χ4n) is 3.51. The summed E-state index contributed by atoms with van der Waals surface area (Å²) in [5.74, 6) is -0.347. The van der Waals surface area contributed by atoms with E-state index in [2.05, 4.69) is 18.2 Å². The van der Waals surface area contributed by atoms with Crippen LogP contribution in [-0.2, 0) is 20.5 Å². The summed E-state index contributed by atoms with van der Waals surface area (Å²) in [6.45, 7) is 11.7. The van der Waals surface area contributed by atoms with Gasteiger partial charge in [-0.25, -0.2) is 4.21 Å². The van der Waals surface area contributed by atoms with Crippen molar-refractivity contribution in [2.24, 2.45) is 9.81 Å². The normalized spacial score (nSPS) is 26.3. The van der Waals surface area contributed by atoms with Gasteiger partial charge in [0.25, 0.3) is 0 Å². The first-order chi connectivity index (χ1) is 10.3. The van der Waals surface area contributed by atoms with E-state index in [0.717, 1.165) is 44.2 Å². The fraction of sp³-hybridized carbons (Fsp3) is 0.941. The lowest BCUT2D eigenvalue weighted by molar-refractivity contribution is -0.186. The van der Waals surface area contributed by atoms with Crippen molar-refractivity contribution in [1.82, 2.24) is 0 Å². The van der Waals surface area contributed by atoms with Crippen LogP contribution >= 0.6 is 0 Å². The number of nitrogens with zero attached hydrogens (tertiary/aromatic N) is 1. The van der Waals surface area contributed by atoms with Gasteiger partial charge in [-0.3, -0.25) is 0 Å². The molecule has 1 unspecified atom stereocenters. The van der Waals surface area contributed by atoms with Gasteiger partial charge in [0.05, 0.1) is 18.0 Å². The van der Waals surface area contributed by atoms with E-state index >= 15 is 0 Å². The van der Waals surface area contributed by atoms with Gasteiger partial charge >= 0.3 is 0 Å². The highest BCUT2D eigenvalue weighted by Crippen LogP contribution is 2.48. The van der Waals surface area contributed by atoms with Crippen molar-refractivity contribution < 1.29 is 13.7 Å². The van der Waals surface area contributed by atoms with Crippen molar-refractivity contribution in [2.45, 2.75) is 83.7 Å². The minimum atomic E-state index is -1.18. The van der Waals surface area contributed by atoms with E-state index in [1.165, 1.54) is 0 Å². The van der Waals surface area contributed by atoms with E-state index in [1.807, 2.05) is 20.8 Å². The lowest BCUT2D eigenvalue weighted by Crippen LogP contribution is -2.43. The number of hydrogen-bond donors (Lipinski definition) is 0. The minimum absolute atomic E-state index is 0.0657. The van der Waals surface area contributed by atoms with Gasteiger partial charge in [0.1, 0.15) is 11.0 Å². The van der Waals surface area contributed by atoms with Gasteiger partial charge in [-0.2, -0.15) is 4.40 Å². The molecule has 4 nitrogen and oxygen atoms in total. The Kier molecular flexibility index (Phi) is 5.50. The maximum absolute atomic E-state index is 12.5. The third-order valence-electron chi connectivity index (χ3n) is 5.12. The molecule has 0 aromatic heterocycles. The highest BCUT2D eigenvalue weighted by molar-refractivity contribution is 7.85. The Morgan fingerprint density at radius 3 is 2.05 bits per heavy atom. The van der Waals surface area contributed by atoms with Crippen molar-refractivity contribution in [3.8, 4) is 0 Å². The molecule has 1 saturated carbocycles. The first-order valence-corrected chi connectivity index (χ1v) is 9.65. The van der Waals surface area contributed by atoms with Crippen LogP contribution in [0.2, 0.25) is 0 Å². The first kappa shape index (κ1) is 18.1. The van der Waals surface area contributed by atoms with Crippen molar-refractivity contribution in [3.05, 3.63) is 0 Å². The second kappa shape index (κ2) is 6.70. The topological polar surface area (TPSA) is 47.9 Å². The Bertz CT molecular complexity index is 437. The number of hydrogen-bond acceptors (Lipinski definition) is 3. The SMILES string of the molecule is CCC(=NS(=O)C(C)(C)C)C1(CC)CCC2(CC1)OCCO2. The third-order valence-corrected chi connectivity index (χ3v) is 6.56. The van der Waals surface area contributed by atoms with E-state index < -0.39 is 11.0 Å². The zero-order valence-electron chi connectivity index (χ0n) is 14.7. The second-order valence-corrected chi connectivity index (χ2v) is 9.40. The first-order valence-electron chi connectivity index (χ1n) is 8.55. The summed E-state index contributed by atoms with van der Waals surface area (Å²) < 4.78 is 28.5. The van der Waals surface area contributed by atoms with Crippen LogP contribution in [-0.4, -0.2) is 33.7 Å². The van der Waals surface area contributed by atoms with Gasteiger partial charge in [-0.1, -0.05) is 13.8 Å². The maximum atomic E-state index is 12.5. The van der Waals surface area contributed by atoms with E-state index in [1.54, 1.807) is 0 Å². The molecule has 0 bridgehead atoms. The van der Waals surface area contributed by atoms with Gasteiger partial charge in [-0.05, 0) is 46.5 Å². The third kappa shape index (κ3) is 3.62. The van der Waals surface area contributed by atoms with Gasteiger partial charge in [-0.15, -0.1) is 0 Å². The molecule has 2 fully saturated rings. The average Bonchev–Trinajstić information content (AvgIpc) is 2.93. The summed E-state index contributed by atoms with van der Waals surface area (Å²) in [4.78, 5) is 0. The molecule has 0 aromatic carbocycles. The molecule has 1 aliphatic carbocycles. The van der Waals surface area contributed by atoms with Crippen molar-refractivity contribution in [1.29, 1.82) is 0 Å². The standard InChI is InChI=1S/C17H31NO3S/c1-6-14(18-22(19)15(3,4)5)16(7-2)8-10-17(11-9-16)20-12-13-21-17/h6-13H2,1-5H3. The zero-order chi connectivity index (χ0) is 16.4. The van der Waals surface area contributed by atoms with E-state index in [4.69, 9.17) is 9.47 Å². The molecule has 1 spiro atoms. The molecule has 1 heterocycles. The number of rotatable bonds is 4. The van der Waals surface area contributed by atoms with Crippen LogP contribution in [0, 0.1) is 5.41 Å². The van der Waals surface area contributed by atoms with Crippen molar-refractivity contribution in [3.63, 3.8) is 0 Å². The largest absolute Gasteiger partial charge is 0.348 e. The van der Waals surface area contributed by atoms with Crippen LogP contribution in [0.25, 0.3) is 0 Å². The number of ether oxygens (including phenoxy) is 2. The zero-order valence-corrected chi connectivity index (χ0v) is 15.6. The summed E-state index contributed by atoms with van der Waals surface area (Å²) in [5.41, 5.74) is 1.19. The van der Waals surface area contributed by atoms with Crippen molar-refractivity contribution >= 4 is 16.7 Å².